The molecule has 0 bridgehead atoms. The normalized spacial score (nSPS) is 40.6. The second kappa shape index (κ2) is 8.61. The number of methoxy groups -OCH3 is 1. The number of hydrogen-bond donors (Lipinski definition) is 1. The van der Waals surface area contributed by atoms with E-state index in [9.17, 15) is 18.7 Å². The molecular weight excluding hydrogens is 438 g/mol. The van der Waals surface area contributed by atoms with Gasteiger partial charge in [0.15, 0.2) is 17.3 Å². The van der Waals surface area contributed by atoms with Gasteiger partial charge in [-0.3, -0.25) is 4.79 Å². The van der Waals surface area contributed by atoms with Crippen LogP contribution in [0.15, 0.2) is 23.8 Å². The maximum Gasteiger partial charge on any atom is 0.387 e. The highest BCUT2D eigenvalue weighted by Gasteiger charge is 2.61. The van der Waals surface area contributed by atoms with Crippen LogP contribution in [-0.2, 0) is 4.79 Å². The van der Waals surface area contributed by atoms with Crippen LogP contribution in [0.2, 0.25) is 0 Å². The average Bonchev–Trinajstić information content (AvgIpc) is 3.05. The molecule has 0 heterocycles. The fraction of sp³-hybridized carbons (Fsp3) is 0.679. The van der Waals surface area contributed by atoms with Gasteiger partial charge in [0.1, 0.15) is 0 Å². The van der Waals surface area contributed by atoms with E-state index in [2.05, 4.69) is 18.6 Å². The largest absolute Gasteiger partial charge is 0.493 e. The fourth-order valence-corrected chi connectivity index (χ4v) is 8.20. The van der Waals surface area contributed by atoms with Gasteiger partial charge in [-0.15, -0.1) is 0 Å². The minimum Gasteiger partial charge on any atom is -0.493 e. The summed E-state index contributed by atoms with van der Waals surface area (Å²) in [6, 6.07) is 4.83. The molecule has 1 aromatic carbocycles. The average molecular weight is 475 g/mol. The van der Waals surface area contributed by atoms with Gasteiger partial charge >= 0.3 is 6.61 Å². The van der Waals surface area contributed by atoms with E-state index in [0.717, 1.165) is 62.5 Å². The zero-order valence-corrected chi connectivity index (χ0v) is 20.4. The van der Waals surface area contributed by atoms with Gasteiger partial charge in [-0.1, -0.05) is 19.9 Å². The Kier molecular flexibility index (Phi) is 6.02. The summed E-state index contributed by atoms with van der Waals surface area (Å²) in [4.78, 5) is 13.7. The number of allylic oxidation sites excluding steroid dienone is 1. The van der Waals surface area contributed by atoms with Gasteiger partial charge in [-0.25, -0.2) is 0 Å². The molecule has 6 heteroatoms. The second-order valence-corrected chi connectivity index (χ2v) is 11.5. The zero-order chi connectivity index (χ0) is 24.3. The number of benzene rings is 1. The summed E-state index contributed by atoms with van der Waals surface area (Å²) in [6.07, 6.45) is 9.76. The van der Waals surface area contributed by atoms with Crippen LogP contribution < -0.4 is 9.47 Å². The number of carbonyl (C=O) groups is 1. The molecule has 4 nitrogen and oxygen atoms in total. The summed E-state index contributed by atoms with van der Waals surface area (Å²) in [6.45, 7) is 1.69. The van der Waals surface area contributed by atoms with Crippen LogP contribution in [0.5, 0.6) is 11.5 Å². The third kappa shape index (κ3) is 3.77. The predicted molar refractivity (Wildman–Crippen MR) is 126 cm³/mol. The van der Waals surface area contributed by atoms with Gasteiger partial charge in [0.2, 0.25) is 0 Å². The number of carbonyl (C=O) groups excluding carboxylic acids is 1. The van der Waals surface area contributed by atoms with Crippen molar-refractivity contribution >= 4 is 11.9 Å². The van der Waals surface area contributed by atoms with Crippen molar-refractivity contribution in [3.63, 3.8) is 0 Å². The van der Waals surface area contributed by atoms with Crippen LogP contribution in [0.4, 0.5) is 8.78 Å². The Bertz CT molecular complexity index is 991. The van der Waals surface area contributed by atoms with Crippen molar-refractivity contribution in [3.8, 4) is 11.5 Å². The lowest BCUT2D eigenvalue weighted by Gasteiger charge is -2.59. The number of aliphatic hydroxyl groups excluding tert-OH is 1. The predicted octanol–water partition coefficient (Wildman–Crippen LogP) is 6.26. The molecule has 5 rings (SSSR count). The molecule has 4 aliphatic rings. The highest BCUT2D eigenvalue weighted by atomic mass is 19.3. The molecule has 4 aliphatic carbocycles. The summed E-state index contributed by atoms with van der Waals surface area (Å²) >= 11 is 0. The number of ether oxygens (including phenoxy) is 2. The van der Waals surface area contributed by atoms with Crippen molar-refractivity contribution in [2.75, 3.05) is 7.11 Å². The number of fused-ring (bicyclic) bond motifs is 5. The Balaban J connectivity index is 1.41. The fourth-order valence-electron chi connectivity index (χ4n) is 8.20. The first-order valence-corrected chi connectivity index (χ1v) is 12.7. The first-order chi connectivity index (χ1) is 16.2. The van der Waals surface area contributed by atoms with Crippen LogP contribution in [0.3, 0.4) is 0 Å². The maximum atomic E-state index is 13.7. The van der Waals surface area contributed by atoms with E-state index in [1.165, 1.54) is 13.2 Å². The Hall–Kier alpha value is -1.95. The molecule has 34 heavy (non-hydrogen) atoms. The lowest BCUT2D eigenvalue weighted by molar-refractivity contribution is -0.141. The lowest BCUT2D eigenvalue weighted by Crippen LogP contribution is -2.54. The van der Waals surface area contributed by atoms with Crippen LogP contribution in [0.1, 0.15) is 70.8 Å². The van der Waals surface area contributed by atoms with Crippen LogP contribution >= 0.6 is 0 Å². The summed E-state index contributed by atoms with van der Waals surface area (Å²) in [5.41, 5.74) is 1.54. The van der Waals surface area contributed by atoms with Gasteiger partial charge in [0.05, 0.1) is 13.2 Å². The number of alkyl halides is 2. The number of Topliss-reactive ketones (excluding diaryl/α,β-unsaturated/α-hetero) is 1. The molecule has 0 aliphatic heterocycles. The van der Waals surface area contributed by atoms with Crippen molar-refractivity contribution < 1.29 is 28.2 Å². The number of ketones is 1. The summed E-state index contributed by atoms with van der Waals surface area (Å²) < 4.78 is 35.1. The van der Waals surface area contributed by atoms with Crippen LogP contribution in [0.25, 0.3) is 6.08 Å². The molecule has 0 unspecified atom stereocenters. The molecule has 0 spiro atoms. The molecule has 4 saturated carbocycles. The van der Waals surface area contributed by atoms with Gasteiger partial charge in [-0.2, -0.15) is 8.78 Å². The minimum absolute atomic E-state index is 0.0107. The summed E-state index contributed by atoms with van der Waals surface area (Å²) in [5.74, 6) is 2.57. The maximum absolute atomic E-state index is 13.7. The highest BCUT2D eigenvalue weighted by Crippen LogP contribution is 2.66. The number of rotatable bonds is 4. The van der Waals surface area contributed by atoms with Gasteiger partial charge in [0, 0.05) is 5.41 Å². The highest BCUT2D eigenvalue weighted by molar-refractivity contribution is 6.06. The molecule has 7 atom stereocenters. The molecule has 0 saturated heterocycles. The molecule has 0 amide bonds. The molecular formula is C28H36F2O4. The third-order valence-corrected chi connectivity index (χ3v) is 10.0. The Morgan fingerprint density at radius 2 is 1.88 bits per heavy atom. The van der Waals surface area contributed by atoms with Crippen molar-refractivity contribution in [1.29, 1.82) is 0 Å². The van der Waals surface area contributed by atoms with E-state index < -0.39 is 6.61 Å². The molecule has 1 N–H and O–H groups in total. The standard InChI is InChI=1S/C28H36F2O4/c1-27-10-8-19(31)15-18(27)5-6-20-21(27)9-11-28(2)22(20)14-17(25(28)32)12-16-4-7-23(34-26(29)30)24(13-16)33-3/h4,7,12-13,18-22,26,31H,5-6,8-11,14-15H2,1-3H3/b17-12+/t18-,19-,20+,21-,22-,27-,28-/m0/s1. The Labute approximate surface area is 200 Å². The smallest absolute Gasteiger partial charge is 0.387 e. The molecule has 4 fully saturated rings. The van der Waals surface area contributed by atoms with Crippen molar-refractivity contribution in [2.24, 2.45) is 34.5 Å². The van der Waals surface area contributed by atoms with Crippen LogP contribution in [-0.4, -0.2) is 30.7 Å². The topological polar surface area (TPSA) is 55.8 Å². The SMILES string of the molecule is COc1cc(/C=C2\C[C@H]3[C@@H]4CC[C@H]5C[C@@H](O)CC[C@]5(C)[C@H]4CC[C@]3(C)C2=O)ccc1OC(F)F. The number of halogens is 2. The second-order valence-electron chi connectivity index (χ2n) is 11.5. The molecule has 0 radical (unpaired) electrons. The van der Waals surface area contributed by atoms with Gasteiger partial charge in [-0.05, 0) is 110 Å². The lowest BCUT2D eigenvalue weighted by atomic mass is 9.45. The van der Waals surface area contributed by atoms with E-state index in [-0.39, 0.29) is 34.2 Å². The quantitative estimate of drug-likeness (QED) is 0.523. The van der Waals surface area contributed by atoms with Crippen molar-refractivity contribution in [1.82, 2.24) is 0 Å². The number of aliphatic hydroxyl groups is 1. The van der Waals surface area contributed by atoms with Gasteiger partial charge in [0.25, 0.3) is 0 Å². The molecule has 0 aromatic heterocycles. The molecule has 186 valence electrons. The van der Waals surface area contributed by atoms with Gasteiger partial charge < -0.3 is 14.6 Å². The summed E-state index contributed by atoms with van der Waals surface area (Å²) in [5, 5.41) is 10.3. The zero-order valence-electron chi connectivity index (χ0n) is 20.4. The number of hydrogen-bond acceptors (Lipinski definition) is 4. The van der Waals surface area contributed by atoms with Crippen LogP contribution in [0, 0.1) is 34.5 Å². The molecule has 1 aromatic rings. The minimum atomic E-state index is -2.92. The summed E-state index contributed by atoms with van der Waals surface area (Å²) in [7, 11) is 1.42. The van der Waals surface area contributed by atoms with E-state index in [4.69, 9.17) is 4.74 Å². The monoisotopic (exact) mass is 474 g/mol. The van der Waals surface area contributed by atoms with Crippen molar-refractivity contribution in [3.05, 3.63) is 29.3 Å². The van der Waals surface area contributed by atoms with E-state index >= 15 is 0 Å². The van der Waals surface area contributed by atoms with E-state index in [0.29, 0.717) is 23.7 Å². The van der Waals surface area contributed by atoms with Crippen molar-refractivity contribution in [2.45, 2.75) is 77.9 Å². The van der Waals surface area contributed by atoms with E-state index in [1.807, 2.05) is 6.08 Å². The Morgan fingerprint density at radius 3 is 2.62 bits per heavy atom. The first kappa shape index (κ1) is 23.8. The third-order valence-electron chi connectivity index (χ3n) is 10.0. The van der Waals surface area contributed by atoms with E-state index in [1.54, 1.807) is 12.1 Å². The first-order valence-electron chi connectivity index (χ1n) is 12.7. The Morgan fingerprint density at radius 1 is 1.09 bits per heavy atom.